The molecule has 1 atom stereocenters. The molecule has 0 amide bonds. The molecule has 0 heterocycles. The second-order valence-corrected chi connectivity index (χ2v) is 6.25. The van der Waals surface area contributed by atoms with Crippen LogP contribution in [0, 0.1) is 3.57 Å². The van der Waals surface area contributed by atoms with Gasteiger partial charge in [0.25, 0.3) is 0 Å². The second-order valence-electron chi connectivity index (χ2n) is 4.68. The second kappa shape index (κ2) is 8.18. The van der Waals surface area contributed by atoms with Gasteiger partial charge in [-0.3, -0.25) is 0 Å². The van der Waals surface area contributed by atoms with E-state index in [1.54, 1.807) is 0 Å². The maximum absolute atomic E-state index is 6.20. The van der Waals surface area contributed by atoms with Crippen molar-refractivity contribution in [2.45, 2.75) is 39.2 Å². The van der Waals surface area contributed by atoms with Gasteiger partial charge in [0, 0.05) is 9.61 Å². The van der Waals surface area contributed by atoms with E-state index >= 15 is 0 Å². The van der Waals surface area contributed by atoms with Crippen molar-refractivity contribution >= 4 is 34.2 Å². The molecule has 1 nitrogen and oxygen atoms in total. The largest absolute Gasteiger partial charge is 0.310 e. The quantitative estimate of drug-likeness (QED) is 0.499. The van der Waals surface area contributed by atoms with E-state index in [0.29, 0.717) is 6.04 Å². The summed E-state index contributed by atoms with van der Waals surface area (Å²) >= 11 is 8.46. The fourth-order valence-corrected chi connectivity index (χ4v) is 2.35. The lowest BCUT2D eigenvalue weighted by Gasteiger charge is -2.19. The number of allylic oxidation sites excluding steroid dienone is 1. The predicted molar refractivity (Wildman–Crippen MR) is 89.3 cm³/mol. The fraction of sp³-hybridized carbons (Fsp3) is 0.467. The van der Waals surface area contributed by atoms with Crippen LogP contribution in [0.5, 0.6) is 0 Å². The van der Waals surface area contributed by atoms with Gasteiger partial charge in [0.15, 0.2) is 0 Å². The Morgan fingerprint density at radius 3 is 2.78 bits per heavy atom. The Bertz CT molecular complexity index is 403. The van der Waals surface area contributed by atoms with Gasteiger partial charge < -0.3 is 5.32 Å². The number of halogens is 2. The highest BCUT2D eigenvalue weighted by Crippen LogP contribution is 2.26. The van der Waals surface area contributed by atoms with Crippen molar-refractivity contribution in [3.63, 3.8) is 0 Å². The third-order valence-electron chi connectivity index (χ3n) is 2.85. The summed E-state index contributed by atoms with van der Waals surface area (Å²) in [5.74, 6) is 0. The molecule has 0 radical (unpaired) electrons. The zero-order chi connectivity index (χ0) is 13.5. The van der Waals surface area contributed by atoms with Crippen LogP contribution in [0.15, 0.2) is 30.4 Å². The van der Waals surface area contributed by atoms with Gasteiger partial charge in [-0.05, 0) is 73.0 Å². The van der Waals surface area contributed by atoms with E-state index in [9.17, 15) is 0 Å². The minimum atomic E-state index is 0.371. The minimum absolute atomic E-state index is 0.371. The molecule has 0 saturated carbocycles. The topological polar surface area (TPSA) is 12.0 Å². The summed E-state index contributed by atoms with van der Waals surface area (Å²) in [6, 6.07) is 6.70. The normalized spacial score (nSPS) is 12.4. The van der Waals surface area contributed by atoms with Gasteiger partial charge in [0.1, 0.15) is 0 Å². The lowest BCUT2D eigenvalue weighted by Crippen LogP contribution is -2.22. The van der Waals surface area contributed by atoms with Crippen molar-refractivity contribution in [3.8, 4) is 0 Å². The van der Waals surface area contributed by atoms with E-state index in [-0.39, 0.29) is 0 Å². The lowest BCUT2D eigenvalue weighted by atomic mass is 10.00. The number of benzene rings is 1. The molecule has 0 aliphatic carbocycles. The molecule has 0 aliphatic heterocycles. The molecule has 1 N–H and O–H groups in total. The average Bonchev–Trinajstić information content (AvgIpc) is 2.33. The highest BCUT2D eigenvalue weighted by Gasteiger charge is 2.11. The molecule has 1 aromatic carbocycles. The SMILES string of the molecule is C=C(C)CCC(NCCC)c1ccc(I)c(Cl)c1. The summed E-state index contributed by atoms with van der Waals surface area (Å²) in [5, 5.41) is 4.43. The first-order chi connectivity index (χ1) is 8.54. The van der Waals surface area contributed by atoms with Crippen molar-refractivity contribution in [1.82, 2.24) is 5.32 Å². The van der Waals surface area contributed by atoms with Crippen molar-refractivity contribution in [2.75, 3.05) is 6.54 Å². The van der Waals surface area contributed by atoms with E-state index < -0.39 is 0 Å². The molecule has 0 bridgehead atoms. The highest BCUT2D eigenvalue weighted by molar-refractivity contribution is 14.1. The van der Waals surface area contributed by atoms with Crippen molar-refractivity contribution < 1.29 is 0 Å². The molecular formula is C15H21ClIN. The minimum Gasteiger partial charge on any atom is -0.310 e. The van der Waals surface area contributed by atoms with Gasteiger partial charge in [0.05, 0.1) is 5.02 Å². The Morgan fingerprint density at radius 1 is 1.50 bits per heavy atom. The summed E-state index contributed by atoms with van der Waals surface area (Å²) in [4.78, 5) is 0. The smallest absolute Gasteiger partial charge is 0.0542 e. The van der Waals surface area contributed by atoms with Crippen LogP contribution in [0.3, 0.4) is 0 Å². The Hall–Kier alpha value is -0.0600. The molecule has 100 valence electrons. The number of rotatable bonds is 7. The summed E-state index contributed by atoms with van der Waals surface area (Å²) in [6.07, 6.45) is 3.26. The molecule has 1 rings (SSSR count). The van der Waals surface area contributed by atoms with Gasteiger partial charge in [-0.15, -0.1) is 6.58 Å². The van der Waals surface area contributed by atoms with Crippen LogP contribution in [0.4, 0.5) is 0 Å². The van der Waals surface area contributed by atoms with Crippen LogP contribution >= 0.6 is 34.2 Å². The average molecular weight is 378 g/mol. The molecule has 18 heavy (non-hydrogen) atoms. The molecule has 0 saturated heterocycles. The zero-order valence-corrected chi connectivity index (χ0v) is 14.0. The Labute approximate surface area is 129 Å². The van der Waals surface area contributed by atoms with E-state index in [0.717, 1.165) is 34.4 Å². The number of nitrogens with one attached hydrogen (secondary N) is 1. The van der Waals surface area contributed by atoms with E-state index in [1.165, 1.54) is 11.1 Å². The van der Waals surface area contributed by atoms with Crippen LogP contribution in [-0.4, -0.2) is 6.54 Å². The molecule has 0 fully saturated rings. The van der Waals surface area contributed by atoms with E-state index in [2.05, 4.69) is 66.5 Å². The lowest BCUT2D eigenvalue weighted by molar-refractivity contribution is 0.499. The molecule has 0 spiro atoms. The molecule has 1 unspecified atom stereocenters. The van der Waals surface area contributed by atoms with Gasteiger partial charge >= 0.3 is 0 Å². The summed E-state index contributed by atoms with van der Waals surface area (Å²) in [5.41, 5.74) is 2.50. The van der Waals surface area contributed by atoms with Crippen LogP contribution < -0.4 is 5.32 Å². The first kappa shape index (κ1) is 16.0. The van der Waals surface area contributed by atoms with Gasteiger partial charge in [-0.25, -0.2) is 0 Å². The highest BCUT2D eigenvalue weighted by atomic mass is 127. The zero-order valence-electron chi connectivity index (χ0n) is 11.1. The van der Waals surface area contributed by atoms with Crippen LogP contribution in [0.1, 0.15) is 44.7 Å². The van der Waals surface area contributed by atoms with E-state index in [4.69, 9.17) is 11.6 Å². The fourth-order valence-electron chi connectivity index (χ4n) is 1.83. The number of hydrogen-bond donors (Lipinski definition) is 1. The van der Waals surface area contributed by atoms with Crippen LogP contribution in [0.25, 0.3) is 0 Å². The molecule has 3 heteroatoms. The Kier molecular flexibility index (Phi) is 7.27. The first-order valence-corrected chi connectivity index (χ1v) is 7.83. The van der Waals surface area contributed by atoms with Crippen molar-refractivity contribution in [1.29, 1.82) is 0 Å². The maximum Gasteiger partial charge on any atom is 0.0542 e. The monoisotopic (exact) mass is 377 g/mol. The maximum atomic E-state index is 6.20. The molecule has 0 aromatic heterocycles. The molecule has 1 aromatic rings. The third kappa shape index (κ3) is 5.29. The summed E-state index contributed by atoms with van der Waals surface area (Å²) in [7, 11) is 0. The summed E-state index contributed by atoms with van der Waals surface area (Å²) in [6.45, 7) is 9.28. The van der Waals surface area contributed by atoms with E-state index in [1.807, 2.05) is 0 Å². The van der Waals surface area contributed by atoms with Gasteiger partial charge in [-0.1, -0.05) is 30.2 Å². The number of hydrogen-bond acceptors (Lipinski definition) is 1. The van der Waals surface area contributed by atoms with Crippen molar-refractivity contribution in [3.05, 3.63) is 44.5 Å². The van der Waals surface area contributed by atoms with Crippen LogP contribution in [-0.2, 0) is 0 Å². The molecule has 0 aliphatic rings. The van der Waals surface area contributed by atoms with Crippen LogP contribution in [0.2, 0.25) is 5.02 Å². The molecular weight excluding hydrogens is 357 g/mol. The van der Waals surface area contributed by atoms with Crippen molar-refractivity contribution in [2.24, 2.45) is 0 Å². The standard InChI is InChI=1S/C15H21ClIN/c1-4-9-18-15(8-5-11(2)3)12-6-7-14(17)13(16)10-12/h6-7,10,15,18H,2,4-5,8-9H2,1,3H3. The third-order valence-corrected chi connectivity index (χ3v) is 4.42. The van der Waals surface area contributed by atoms with Gasteiger partial charge in [-0.2, -0.15) is 0 Å². The Morgan fingerprint density at radius 2 is 2.22 bits per heavy atom. The van der Waals surface area contributed by atoms with Gasteiger partial charge in [0.2, 0.25) is 0 Å². The predicted octanol–water partition coefficient (Wildman–Crippen LogP) is 5.34. The Balaban J connectivity index is 2.79. The summed E-state index contributed by atoms with van der Waals surface area (Å²) < 4.78 is 1.10. The first-order valence-electron chi connectivity index (χ1n) is 6.37.